The molecule has 1 aromatic heterocycles. The molecule has 18 heavy (non-hydrogen) atoms. The molecule has 0 bridgehead atoms. The van der Waals surface area contributed by atoms with Crippen molar-refractivity contribution in [1.82, 2.24) is 14.5 Å². The van der Waals surface area contributed by atoms with E-state index in [1.165, 1.54) is 4.57 Å². The Hall–Kier alpha value is -1.76. The van der Waals surface area contributed by atoms with Crippen LogP contribution >= 0.6 is 0 Å². The number of hydrogen-bond donors (Lipinski definition) is 3. The predicted octanol–water partition coefficient (Wildman–Crippen LogP) is -0.498. The van der Waals surface area contributed by atoms with Crippen LogP contribution in [0.4, 0.5) is 11.5 Å². The number of nitrogens with two attached hydrogens (primary N) is 1. The Labute approximate surface area is 106 Å². The highest BCUT2D eigenvalue weighted by atomic mass is 16.2. The molecular formula is C11H21N5O2. The quantitative estimate of drug-likeness (QED) is 0.596. The summed E-state index contributed by atoms with van der Waals surface area (Å²) in [7, 11) is 3.97. The third-order valence-corrected chi connectivity index (χ3v) is 2.64. The topological polar surface area (TPSA) is 96.2 Å². The Bertz CT molecular complexity index is 503. The molecule has 0 aromatic carbocycles. The summed E-state index contributed by atoms with van der Waals surface area (Å²) in [4.78, 5) is 27.4. The third-order valence-electron chi connectivity index (χ3n) is 2.64. The summed E-state index contributed by atoms with van der Waals surface area (Å²) in [6.45, 7) is 3.77. The maximum absolute atomic E-state index is 11.6. The van der Waals surface area contributed by atoms with Gasteiger partial charge in [0.1, 0.15) is 11.5 Å². The van der Waals surface area contributed by atoms with E-state index in [1.807, 2.05) is 14.1 Å². The zero-order valence-electron chi connectivity index (χ0n) is 11.1. The van der Waals surface area contributed by atoms with Gasteiger partial charge in [-0.2, -0.15) is 0 Å². The van der Waals surface area contributed by atoms with Gasteiger partial charge in [-0.15, -0.1) is 0 Å². The number of H-pyrrole nitrogens is 1. The van der Waals surface area contributed by atoms with Crippen LogP contribution in [0.3, 0.4) is 0 Å². The molecule has 1 aromatic rings. The summed E-state index contributed by atoms with van der Waals surface area (Å²) in [5.41, 5.74) is 5.14. The van der Waals surface area contributed by atoms with Crippen molar-refractivity contribution in [3.63, 3.8) is 0 Å². The zero-order valence-corrected chi connectivity index (χ0v) is 11.1. The van der Waals surface area contributed by atoms with Gasteiger partial charge in [-0.3, -0.25) is 14.3 Å². The highest BCUT2D eigenvalue weighted by molar-refractivity contribution is 5.60. The number of anilines is 2. The molecule has 0 amide bonds. The van der Waals surface area contributed by atoms with Crippen molar-refractivity contribution in [1.29, 1.82) is 0 Å². The van der Waals surface area contributed by atoms with E-state index < -0.39 is 11.2 Å². The van der Waals surface area contributed by atoms with Gasteiger partial charge < -0.3 is 16.0 Å². The average Bonchev–Trinajstić information content (AvgIpc) is 2.27. The van der Waals surface area contributed by atoms with Crippen LogP contribution in [-0.4, -0.2) is 41.6 Å². The van der Waals surface area contributed by atoms with Crippen molar-refractivity contribution >= 4 is 11.5 Å². The summed E-state index contributed by atoms with van der Waals surface area (Å²) in [5, 5.41) is 2.98. The lowest BCUT2D eigenvalue weighted by atomic mass is 10.3. The molecule has 0 saturated heterocycles. The minimum atomic E-state index is -0.473. The highest BCUT2D eigenvalue weighted by Gasteiger charge is 2.10. The largest absolute Gasteiger partial charge is 0.383 e. The Kier molecular flexibility index (Phi) is 4.96. The summed E-state index contributed by atoms with van der Waals surface area (Å²) >= 11 is 0. The van der Waals surface area contributed by atoms with Gasteiger partial charge in [0, 0.05) is 13.1 Å². The number of aromatic nitrogens is 2. The van der Waals surface area contributed by atoms with Crippen molar-refractivity contribution in [3.8, 4) is 0 Å². The molecule has 0 spiro atoms. The molecule has 0 aliphatic carbocycles. The van der Waals surface area contributed by atoms with E-state index in [1.54, 1.807) is 6.92 Å². The Morgan fingerprint density at radius 1 is 1.39 bits per heavy atom. The van der Waals surface area contributed by atoms with Crippen LogP contribution in [0.5, 0.6) is 0 Å². The second-order valence-corrected chi connectivity index (χ2v) is 4.35. The van der Waals surface area contributed by atoms with E-state index in [0.717, 1.165) is 13.0 Å². The molecule has 0 aliphatic heterocycles. The number of aromatic amines is 1. The van der Waals surface area contributed by atoms with Crippen LogP contribution in [0.25, 0.3) is 0 Å². The molecule has 0 radical (unpaired) electrons. The number of nitrogens with zero attached hydrogens (tertiary/aromatic N) is 2. The van der Waals surface area contributed by atoms with E-state index in [9.17, 15) is 9.59 Å². The first-order valence-corrected chi connectivity index (χ1v) is 5.98. The van der Waals surface area contributed by atoms with Gasteiger partial charge in [0.05, 0.1) is 0 Å². The van der Waals surface area contributed by atoms with Crippen LogP contribution in [0.15, 0.2) is 9.59 Å². The molecule has 4 N–H and O–H groups in total. The average molecular weight is 255 g/mol. The lowest BCUT2D eigenvalue weighted by molar-refractivity contribution is 0.405. The number of hydrogen-bond acceptors (Lipinski definition) is 5. The van der Waals surface area contributed by atoms with Crippen LogP contribution in [-0.2, 0) is 6.54 Å². The van der Waals surface area contributed by atoms with E-state index in [4.69, 9.17) is 5.73 Å². The number of nitrogens with one attached hydrogen (secondary N) is 2. The molecule has 7 nitrogen and oxygen atoms in total. The van der Waals surface area contributed by atoms with E-state index >= 15 is 0 Å². The van der Waals surface area contributed by atoms with Crippen LogP contribution in [0.2, 0.25) is 0 Å². The molecule has 1 heterocycles. The van der Waals surface area contributed by atoms with Crippen molar-refractivity contribution < 1.29 is 0 Å². The number of rotatable bonds is 6. The fourth-order valence-corrected chi connectivity index (χ4v) is 1.68. The fourth-order valence-electron chi connectivity index (χ4n) is 1.68. The third kappa shape index (κ3) is 3.36. The smallest absolute Gasteiger partial charge is 0.330 e. The fraction of sp³-hybridized carbons (Fsp3) is 0.636. The van der Waals surface area contributed by atoms with Crippen LogP contribution < -0.4 is 22.3 Å². The first-order chi connectivity index (χ1) is 8.47. The van der Waals surface area contributed by atoms with Gasteiger partial charge in [0.2, 0.25) is 0 Å². The van der Waals surface area contributed by atoms with Gasteiger partial charge in [-0.05, 0) is 34.0 Å². The second-order valence-electron chi connectivity index (χ2n) is 4.35. The van der Waals surface area contributed by atoms with Crippen molar-refractivity contribution in [2.75, 3.05) is 38.2 Å². The molecule has 0 aliphatic rings. The second kappa shape index (κ2) is 6.25. The van der Waals surface area contributed by atoms with Crippen LogP contribution in [0.1, 0.15) is 13.3 Å². The monoisotopic (exact) mass is 255 g/mol. The molecule has 1 rings (SSSR count). The normalized spacial score (nSPS) is 10.9. The molecule has 0 unspecified atom stereocenters. The Morgan fingerprint density at radius 3 is 2.61 bits per heavy atom. The Balaban J connectivity index is 2.83. The van der Waals surface area contributed by atoms with Gasteiger partial charge in [-0.25, -0.2) is 4.79 Å². The summed E-state index contributed by atoms with van der Waals surface area (Å²) in [5.74, 6) is 0.191. The van der Waals surface area contributed by atoms with Gasteiger partial charge >= 0.3 is 5.69 Å². The highest BCUT2D eigenvalue weighted by Crippen LogP contribution is 2.09. The predicted molar refractivity (Wildman–Crippen MR) is 73.1 cm³/mol. The van der Waals surface area contributed by atoms with Gasteiger partial charge in [0.15, 0.2) is 0 Å². The minimum absolute atomic E-state index is 0.191. The van der Waals surface area contributed by atoms with Gasteiger partial charge in [-0.1, -0.05) is 0 Å². The molecule has 102 valence electrons. The minimum Gasteiger partial charge on any atom is -0.383 e. The standard InChI is InChI=1S/C11H21N5O2/c1-4-16-9(12)8(10(17)14-11(16)18)13-6-5-7-15(2)3/h13H,4-7,12H2,1-3H3,(H,14,17,18). The van der Waals surface area contributed by atoms with E-state index in [0.29, 0.717) is 13.1 Å². The Morgan fingerprint density at radius 2 is 2.06 bits per heavy atom. The molecular weight excluding hydrogens is 234 g/mol. The summed E-state index contributed by atoms with van der Waals surface area (Å²) in [6.07, 6.45) is 0.886. The number of nitrogen functional groups attached to an aromatic ring is 1. The zero-order chi connectivity index (χ0) is 13.7. The SMILES string of the molecule is CCn1c(N)c(NCCCN(C)C)c(=O)[nH]c1=O. The maximum atomic E-state index is 11.6. The first kappa shape index (κ1) is 14.3. The maximum Gasteiger partial charge on any atom is 0.330 e. The summed E-state index contributed by atoms with van der Waals surface area (Å²) < 4.78 is 1.33. The molecule has 0 fully saturated rings. The lowest BCUT2D eigenvalue weighted by Crippen LogP contribution is -2.34. The van der Waals surface area contributed by atoms with E-state index in [-0.39, 0.29) is 11.5 Å². The van der Waals surface area contributed by atoms with E-state index in [2.05, 4.69) is 15.2 Å². The van der Waals surface area contributed by atoms with Crippen LogP contribution in [0, 0.1) is 0 Å². The molecule has 0 atom stereocenters. The lowest BCUT2D eigenvalue weighted by Gasteiger charge is -2.13. The summed E-state index contributed by atoms with van der Waals surface area (Å²) in [6, 6.07) is 0. The first-order valence-electron chi connectivity index (χ1n) is 5.98. The van der Waals surface area contributed by atoms with Crippen molar-refractivity contribution in [2.45, 2.75) is 19.9 Å². The van der Waals surface area contributed by atoms with Gasteiger partial charge in [0.25, 0.3) is 5.56 Å². The van der Waals surface area contributed by atoms with Crippen molar-refractivity contribution in [3.05, 3.63) is 20.8 Å². The molecule has 7 heteroatoms. The molecule has 0 saturated carbocycles. The van der Waals surface area contributed by atoms with Crippen molar-refractivity contribution in [2.24, 2.45) is 0 Å².